The molecule has 0 unspecified atom stereocenters. The molecule has 136 valence electrons. The van der Waals surface area contributed by atoms with Crippen molar-refractivity contribution < 1.29 is 14.1 Å². The Balaban J connectivity index is 1.86. The summed E-state index contributed by atoms with van der Waals surface area (Å²) in [6.07, 6.45) is 1.86. The number of nitrogens with one attached hydrogen (secondary N) is 1. The normalized spacial score (nSPS) is 20.1. The molecule has 24 heavy (non-hydrogen) atoms. The fourth-order valence-corrected chi connectivity index (χ4v) is 3.28. The minimum Gasteiger partial charge on any atom is -0.444 e. The van der Waals surface area contributed by atoms with Gasteiger partial charge in [0.2, 0.25) is 0 Å². The highest BCUT2D eigenvalue weighted by Crippen LogP contribution is 2.23. The molecule has 2 rings (SSSR count). The fourth-order valence-electron chi connectivity index (χ4n) is 3.28. The van der Waals surface area contributed by atoms with Crippen molar-refractivity contribution in [3.8, 4) is 0 Å². The fraction of sp³-hybridized carbons (Fsp3) is 0.778. The number of hydrogen-bond acceptors (Lipinski definition) is 5. The first kappa shape index (κ1) is 18.8. The summed E-state index contributed by atoms with van der Waals surface area (Å²) in [5.41, 5.74) is 1.69. The monoisotopic (exact) mass is 337 g/mol. The van der Waals surface area contributed by atoms with E-state index in [0.717, 1.165) is 37.4 Å². The molecule has 6 heteroatoms. The van der Waals surface area contributed by atoms with Gasteiger partial charge in [-0.25, -0.2) is 4.79 Å². The number of carbonyl (C=O) groups excluding carboxylic acids is 1. The molecule has 1 N–H and O–H groups in total. The Morgan fingerprint density at radius 1 is 1.46 bits per heavy atom. The van der Waals surface area contributed by atoms with E-state index in [1.807, 2.05) is 39.5 Å². The first-order chi connectivity index (χ1) is 11.2. The molecule has 0 radical (unpaired) electrons. The Hall–Kier alpha value is -1.56. The Morgan fingerprint density at radius 3 is 2.75 bits per heavy atom. The van der Waals surface area contributed by atoms with Gasteiger partial charge in [-0.05, 0) is 53.4 Å². The molecule has 0 aliphatic carbocycles. The molecule has 1 aliphatic rings. The molecular formula is C18H31N3O3. The predicted octanol–water partition coefficient (Wildman–Crippen LogP) is 3.38. The van der Waals surface area contributed by atoms with E-state index < -0.39 is 5.60 Å². The summed E-state index contributed by atoms with van der Waals surface area (Å²) in [5.74, 6) is 1.22. The maximum atomic E-state index is 12.2. The second-order valence-electron chi connectivity index (χ2n) is 7.81. The SMILES string of the molecule is Cc1noc(C)c1[C@@H](C)CN[C@@H]1CCCN(C(=O)OC(C)(C)C)C1. The average molecular weight is 337 g/mol. The number of aromatic nitrogens is 1. The van der Waals surface area contributed by atoms with Crippen molar-refractivity contribution in [2.45, 2.75) is 71.9 Å². The molecule has 1 aliphatic heterocycles. The number of nitrogens with zero attached hydrogens (tertiary/aromatic N) is 2. The van der Waals surface area contributed by atoms with Crippen LogP contribution in [0, 0.1) is 13.8 Å². The van der Waals surface area contributed by atoms with Gasteiger partial charge in [-0.15, -0.1) is 0 Å². The van der Waals surface area contributed by atoms with Crippen molar-refractivity contribution in [3.63, 3.8) is 0 Å². The van der Waals surface area contributed by atoms with Crippen LogP contribution in [0.25, 0.3) is 0 Å². The first-order valence-corrected chi connectivity index (χ1v) is 8.81. The zero-order valence-corrected chi connectivity index (χ0v) is 15.8. The lowest BCUT2D eigenvalue weighted by atomic mass is 9.98. The highest BCUT2D eigenvalue weighted by atomic mass is 16.6. The Kier molecular flexibility index (Phi) is 5.91. The van der Waals surface area contributed by atoms with Gasteiger partial charge >= 0.3 is 6.09 Å². The van der Waals surface area contributed by atoms with E-state index in [-0.39, 0.29) is 6.09 Å². The van der Waals surface area contributed by atoms with E-state index >= 15 is 0 Å². The zero-order valence-electron chi connectivity index (χ0n) is 15.8. The summed E-state index contributed by atoms with van der Waals surface area (Å²) in [4.78, 5) is 14.0. The van der Waals surface area contributed by atoms with Crippen LogP contribution in [0.2, 0.25) is 0 Å². The van der Waals surface area contributed by atoms with Gasteiger partial charge in [0.25, 0.3) is 0 Å². The van der Waals surface area contributed by atoms with E-state index in [9.17, 15) is 4.79 Å². The number of hydrogen-bond donors (Lipinski definition) is 1. The minimum atomic E-state index is -0.449. The molecule has 2 atom stereocenters. The Morgan fingerprint density at radius 2 is 2.17 bits per heavy atom. The van der Waals surface area contributed by atoms with Crippen molar-refractivity contribution in [2.75, 3.05) is 19.6 Å². The molecule has 0 saturated carbocycles. The molecule has 1 amide bonds. The average Bonchev–Trinajstić information content (AvgIpc) is 2.82. The van der Waals surface area contributed by atoms with E-state index in [4.69, 9.17) is 9.26 Å². The summed E-state index contributed by atoms with van der Waals surface area (Å²) in [6.45, 7) is 14.1. The van der Waals surface area contributed by atoms with E-state index in [1.165, 1.54) is 5.56 Å². The number of piperidine rings is 1. The molecule has 2 heterocycles. The van der Waals surface area contributed by atoms with Crippen LogP contribution in [0.1, 0.15) is 63.5 Å². The number of ether oxygens (including phenoxy) is 1. The van der Waals surface area contributed by atoms with Gasteiger partial charge in [0, 0.05) is 31.2 Å². The maximum Gasteiger partial charge on any atom is 0.410 e. The van der Waals surface area contributed by atoms with E-state index in [0.29, 0.717) is 18.5 Å². The van der Waals surface area contributed by atoms with Crippen molar-refractivity contribution in [3.05, 3.63) is 17.0 Å². The lowest BCUT2D eigenvalue weighted by Crippen LogP contribution is -2.49. The Labute approximate surface area is 144 Å². The van der Waals surface area contributed by atoms with Crippen LogP contribution in [0.15, 0.2) is 4.52 Å². The van der Waals surface area contributed by atoms with Gasteiger partial charge in [0.15, 0.2) is 0 Å². The molecule has 0 aromatic carbocycles. The summed E-state index contributed by atoms with van der Waals surface area (Å²) >= 11 is 0. The maximum absolute atomic E-state index is 12.2. The smallest absolute Gasteiger partial charge is 0.410 e. The number of aryl methyl sites for hydroxylation is 2. The van der Waals surface area contributed by atoms with Crippen LogP contribution < -0.4 is 5.32 Å². The summed E-state index contributed by atoms with van der Waals surface area (Å²) in [7, 11) is 0. The molecule has 1 aromatic rings. The summed E-state index contributed by atoms with van der Waals surface area (Å²) in [5, 5.41) is 7.62. The van der Waals surface area contributed by atoms with Gasteiger partial charge in [0.05, 0.1) is 5.69 Å². The second-order valence-corrected chi connectivity index (χ2v) is 7.81. The molecule has 1 saturated heterocycles. The standard InChI is InChI=1S/C18H31N3O3/c1-12(16-13(2)20-24-14(16)3)10-19-15-8-7-9-21(11-15)17(22)23-18(4,5)6/h12,15,19H,7-11H2,1-6H3/t12-,15+/m0/s1. The number of amides is 1. The summed E-state index contributed by atoms with van der Waals surface area (Å²) < 4.78 is 10.7. The summed E-state index contributed by atoms with van der Waals surface area (Å²) in [6, 6.07) is 0.300. The van der Waals surface area contributed by atoms with E-state index in [2.05, 4.69) is 17.4 Å². The Bertz CT molecular complexity index is 543. The molecule has 6 nitrogen and oxygen atoms in total. The number of carbonyl (C=O) groups is 1. The van der Waals surface area contributed by atoms with Crippen molar-refractivity contribution in [1.29, 1.82) is 0 Å². The van der Waals surface area contributed by atoms with Gasteiger partial charge in [-0.2, -0.15) is 0 Å². The van der Waals surface area contributed by atoms with Crippen LogP contribution in [0.3, 0.4) is 0 Å². The quantitative estimate of drug-likeness (QED) is 0.912. The third kappa shape index (κ3) is 4.97. The van der Waals surface area contributed by atoms with Crippen molar-refractivity contribution in [2.24, 2.45) is 0 Å². The lowest BCUT2D eigenvalue weighted by Gasteiger charge is -2.35. The topological polar surface area (TPSA) is 67.6 Å². The van der Waals surface area contributed by atoms with Crippen molar-refractivity contribution >= 4 is 6.09 Å². The molecule has 0 bridgehead atoms. The van der Waals surface area contributed by atoms with E-state index in [1.54, 1.807) is 0 Å². The number of likely N-dealkylation sites (tertiary alicyclic amines) is 1. The third-order valence-electron chi connectivity index (χ3n) is 4.37. The van der Waals surface area contributed by atoms with Crippen LogP contribution in [0.4, 0.5) is 4.79 Å². The molecule has 0 spiro atoms. The van der Waals surface area contributed by atoms with Crippen LogP contribution in [0.5, 0.6) is 0 Å². The number of rotatable bonds is 4. The first-order valence-electron chi connectivity index (χ1n) is 8.81. The van der Waals surface area contributed by atoms with Crippen LogP contribution in [-0.4, -0.2) is 47.4 Å². The van der Waals surface area contributed by atoms with Crippen molar-refractivity contribution in [1.82, 2.24) is 15.4 Å². The second kappa shape index (κ2) is 7.55. The largest absolute Gasteiger partial charge is 0.444 e. The van der Waals surface area contributed by atoms with Gasteiger partial charge < -0.3 is 19.5 Å². The highest BCUT2D eigenvalue weighted by Gasteiger charge is 2.28. The van der Waals surface area contributed by atoms with Crippen LogP contribution >= 0.6 is 0 Å². The molecule has 1 fully saturated rings. The van der Waals surface area contributed by atoms with Gasteiger partial charge in [-0.1, -0.05) is 12.1 Å². The molecular weight excluding hydrogens is 306 g/mol. The third-order valence-corrected chi connectivity index (χ3v) is 4.37. The highest BCUT2D eigenvalue weighted by molar-refractivity contribution is 5.68. The zero-order chi connectivity index (χ0) is 17.9. The predicted molar refractivity (Wildman–Crippen MR) is 93.2 cm³/mol. The van der Waals surface area contributed by atoms with Gasteiger partial charge in [-0.3, -0.25) is 0 Å². The van der Waals surface area contributed by atoms with Crippen LogP contribution in [-0.2, 0) is 4.74 Å². The van der Waals surface area contributed by atoms with Gasteiger partial charge in [0.1, 0.15) is 11.4 Å². The molecule has 1 aromatic heterocycles. The minimum absolute atomic E-state index is 0.215. The lowest BCUT2D eigenvalue weighted by molar-refractivity contribution is 0.0187.